The minimum Gasteiger partial charge on any atom is -0.508 e. The third-order valence-electron chi connectivity index (χ3n) is 3.21. The van der Waals surface area contributed by atoms with Crippen molar-refractivity contribution < 1.29 is 22.7 Å². The minimum atomic E-state index is -4.57. The second-order valence-corrected chi connectivity index (χ2v) is 4.70. The number of fused-ring (bicyclic) bond motifs is 1. The van der Waals surface area contributed by atoms with E-state index < -0.39 is 17.2 Å². The summed E-state index contributed by atoms with van der Waals surface area (Å²) in [5.41, 5.74) is -1.57. The number of phenols is 1. The number of rotatable bonds is 1. The van der Waals surface area contributed by atoms with Crippen LogP contribution in [0.25, 0.3) is 22.3 Å². The molecule has 0 saturated heterocycles. The highest BCUT2D eigenvalue weighted by molar-refractivity contribution is 5.80. The molecule has 0 radical (unpaired) electrons. The van der Waals surface area contributed by atoms with Gasteiger partial charge in [-0.15, -0.1) is 0 Å². The maximum Gasteiger partial charge on any atom is 0.417 e. The van der Waals surface area contributed by atoms with Gasteiger partial charge >= 0.3 is 6.18 Å². The van der Waals surface area contributed by atoms with E-state index in [0.717, 1.165) is 12.1 Å². The lowest BCUT2D eigenvalue weighted by molar-refractivity contribution is -0.137. The van der Waals surface area contributed by atoms with Crippen molar-refractivity contribution in [3.8, 4) is 17.1 Å². The molecule has 22 heavy (non-hydrogen) atoms. The first-order valence-corrected chi connectivity index (χ1v) is 6.30. The van der Waals surface area contributed by atoms with Gasteiger partial charge in [0.1, 0.15) is 17.1 Å². The second-order valence-electron chi connectivity index (χ2n) is 4.70. The normalized spacial score (nSPS) is 11.8. The third kappa shape index (κ3) is 2.43. The number of benzene rings is 2. The standard InChI is InChI=1S/C16H9F3O3/c17-16(18,19)12-4-2-1-3-10(12)15-8-13(21)11-6-5-9(20)7-14(11)22-15/h1-8,20H. The molecule has 0 saturated carbocycles. The lowest BCUT2D eigenvalue weighted by Gasteiger charge is -2.12. The summed E-state index contributed by atoms with van der Waals surface area (Å²) in [5.74, 6) is -0.340. The van der Waals surface area contributed by atoms with E-state index in [1.165, 1.54) is 36.4 Å². The van der Waals surface area contributed by atoms with Gasteiger partial charge in [-0.1, -0.05) is 18.2 Å². The molecule has 0 fully saturated rings. The van der Waals surface area contributed by atoms with E-state index in [-0.39, 0.29) is 28.0 Å². The van der Waals surface area contributed by atoms with Gasteiger partial charge in [0.05, 0.1) is 10.9 Å². The summed E-state index contributed by atoms with van der Waals surface area (Å²) >= 11 is 0. The number of aromatic hydroxyl groups is 1. The molecule has 6 heteroatoms. The summed E-state index contributed by atoms with van der Waals surface area (Å²) in [6.07, 6.45) is -4.57. The van der Waals surface area contributed by atoms with Crippen LogP contribution in [0.2, 0.25) is 0 Å². The van der Waals surface area contributed by atoms with Gasteiger partial charge in [-0.05, 0) is 18.2 Å². The Morgan fingerprint density at radius 3 is 2.45 bits per heavy atom. The highest BCUT2D eigenvalue weighted by atomic mass is 19.4. The monoisotopic (exact) mass is 306 g/mol. The fraction of sp³-hybridized carbons (Fsp3) is 0.0625. The Labute approximate surface area is 122 Å². The average Bonchev–Trinajstić information content (AvgIpc) is 2.45. The summed E-state index contributed by atoms with van der Waals surface area (Å²) in [6, 6.07) is 9.71. The lowest BCUT2D eigenvalue weighted by atomic mass is 10.0. The van der Waals surface area contributed by atoms with Gasteiger partial charge < -0.3 is 9.52 Å². The molecule has 3 aromatic rings. The topological polar surface area (TPSA) is 50.4 Å². The van der Waals surface area contributed by atoms with Crippen molar-refractivity contribution in [1.29, 1.82) is 0 Å². The van der Waals surface area contributed by atoms with E-state index in [2.05, 4.69) is 0 Å². The van der Waals surface area contributed by atoms with Gasteiger partial charge in [0.2, 0.25) is 0 Å². The van der Waals surface area contributed by atoms with Crippen molar-refractivity contribution in [3.05, 3.63) is 64.3 Å². The van der Waals surface area contributed by atoms with Crippen LogP contribution in [0.15, 0.2) is 57.7 Å². The highest BCUT2D eigenvalue weighted by Gasteiger charge is 2.34. The molecular weight excluding hydrogens is 297 g/mol. The Bertz CT molecular complexity index is 910. The molecule has 1 aromatic heterocycles. The van der Waals surface area contributed by atoms with Gasteiger partial charge in [-0.25, -0.2) is 0 Å². The molecule has 1 N–H and O–H groups in total. The van der Waals surface area contributed by atoms with Gasteiger partial charge in [-0.3, -0.25) is 4.79 Å². The van der Waals surface area contributed by atoms with E-state index in [4.69, 9.17) is 4.42 Å². The first-order valence-electron chi connectivity index (χ1n) is 6.30. The Balaban J connectivity index is 2.30. The molecule has 0 aliphatic carbocycles. The zero-order valence-corrected chi connectivity index (χ0v) is 11.0. The predicted octanol–water partition coefficient (Wildman–Crippen LogP) is 4.18. The van der Waals surface area contributed by atoms with Crippen LogP contribution >= 0.6 is 0 Å². The highest BCUT2D eigenvalue weighted by Crippen LogP contribution is 2.37. The molecule has 112 valence electrons. The summed E-state index contributed by atoms with van der Waals surface area (Å²) in [4.78, 5) is 12.0. The van der Waals surface area contributed by atoms with Gasteiger partial charge in [0, 0.05) is 17.7 Å². The number of hydrogen-bond donors (Lipinski definition) is 1. The molecule has 0 spiro atoms. The molecular formula is C16H9F3O3. The molecule has 0 aliphatic rings. The van der Waals surface area contributed by atoms with Gasteiger partial charge in [-0.2, -0.15) is 13.2 Å². The van der Waals surface area contributed by atoms with Crippen LogP contribution < -0.4 is 5.43 Å². The molecule has 0 amide bonds. The molecule has 1 heterocycles. The Kier molecular flexibility index (Phi) is 3.16. The van der Waals surface area contributed by atoms with Gasteiger partial charge in [0.15, 0.2) is 5.43 Å². The van der Waals surface area contributed by atoms with Gasteiger partial charge in [0.25, 0.3) is 0 Å². The smallest absolute Gasteiger partial charge is 0.417 e. The van der Waals surface area contributed by atoms with Crippen LogP contribution in [-0.4, -0.2) is 5.11 Å². The van der Waals surface area contributed by atoms with E-state index in [9.17, 15) is 23.1 Å². The van der Waals surface area contributed by atoms with Crippen LogP contribution in [0.1, 0.15) is 5.56 Å². The molecule has 3 rings (SSSR count). The number of hydrogen-bond acceptors (Lipinski definition) is 3. The zero-order valence-electron chi connectivity index (χ0n) is 11.0. The first-order chi connectivity index (χ1) is 10.4. The summed E-state index contributed by atoms with van der Waals surface area (Å²) < 4.78 is 44.5. The number of alkyl halides is 3. The molecule has 3 nitrogen and oxygen atoms in total. The number of halogens is 3. The van der Waals surface area contributed by atoms with Crippen molar-refractivity contribution in [2.75, 3.05) is 0 Å². The van der Waals surface area contributed by atoms with Crippen LogP contribution in [0.5, 0.6) is 5.75 Å². The summed E-state index contributed by atoms with van der Waals surface area (Å²) in [6.45, 7) is 0. The van der Waals surface area contributed by atoms with E-state index in [1.54, 1.807) is 0 Å². The third-order valence-corrected chi connectivity index (χ3v) is 3.21. The molecule has 0 aliphatic heterocycles. The summed E-state index contributed by atoms with van der Waals surface area (Å²) in [5, 5.41) is 9.61. The second kappa shape index (κ2) is 4.91. The molecule has 2 aromatic carbocycles. The maximum atomic E-state index is 13.1. The largest absolute Gasteiger partial charge is 0.508 e. The molecule has 0 bridgehead atoms. The van der Waals surface area contributed by atoms with Crippen molar-refractivity contribution in [2.45, 2.75) is 6.18 Å². The first kappa shape index (κ1) is 14.2. The molecule has 0 unspecified atom stereocenters. The average molecular weight is 306 g/mol. The Morgan fingerprint density at radius 1 is 1.00 bits per heavy atom. The summed E-state index contributed by atoms with van der Waals surface area (Å²) in [7, 11) is 0. The van der Waals surface area contributed by atoms with E-state index in [0.29, 0.717) is 0 Å². The lowest BCUT2D eigenvalue weighted by Crippen LogP contribution is -2.08. The fourth-order valence-electron chi connectivity index (χ4n) is 2.22. The Hall–Kier alpha value is -2.76. The van der Waals surface area contributed by atoms with Crippen molar-refractivity contribution in [2.24, 2.45) is 0 Å². The molecule has 0 atom stereocenters. The van der Waals surface area contributed by atoms with E-state index in [1.807, 2.05) is 0 Å². The number of phenolic OH excluding ortho intramolecular Hbond substituents is 1. The quantitative estimate of drug-likeness (QED) is 0.733. The van der Waals surface area contributed by atoms with Crippen LogP contribution in [0.4, 0.5) is 13.2 Å². The fourth-order valence-corrected chi connectivity index (χ4v) is 2.22. The SMILES string of the molecule is O=c1cc(-c2ccccc2C(F)(F)F)oc2cc(O)ccc12. The van der Waals surface area contributed by atoms with Crippen molar-refractivity contribution in [3.63, 3.8) is 0 Å². The van der Waals surface area contributed by atoms with E-state index >= 15 is 0 Å². The van der Waals surface area contributed by atoms with Crippen LogP contribution in [0, 0.1) is 0 Å². The Morgan fingerprint density at radius 2 is 1.73 bits per heavy atom. The minimum absolute atomic E-state index is 0.0273. The zero-order chi connectivity index (χ0) is 15.9. The van der Waals surface area contributed by atoms with Crippen LogP contribution in [-0.2, 0) is 6.18 Å². The van der Waals surface area contributed by atoms with Crippen molar-refractivity contribution >= 4 is 11.0 Å². The van der Waals surface area contributed by atoms with Crippen molar-refractivity contribution in [1.82, 2.24) is 0 Å². The van der Waals surface area contributed by atoms with Crippen LogP contribution in [0.3, 0.4) is 0 Å². The predicted molar refractivity (Wildman–Crippen MR) is 74.6 cm³/mol. The maximum absolute atomic E-state index is 13.1.